The molecule has 0 heterocycles. The van der Waals surface area contributed by atoms with Gasteiger partial charge in [0.25, 0.3) is 0 Å². The quantitative estimate of drug-likeness (QED) is 0.752. The largest absolute Gasteiger partial charge is 0.377 e. The molecule has 0 bridgehead atoms. The van der Waals surface area contributed by atoms with Crippen LogP contribution in [0, 0.1) is 0 Å². The van der Waals surface area contributed by atoms with Crippen LogP contribution in [-0.4, -0.2) is 0 Å². The molecule has 21 heavy (non-hydrogen) atoms. The van der Waals surface area contributed by atoms with Gasteiger partial charge in [-0.3, -0.25) is 9.59 Å². The molecule has 0 fully saturated rings. The van der Waals surface area contributed by atoms with Crippen LogP contribution in [0.1, 0.15) is 5.56 Å². The first-order valence-corrected chi connectivity index (χ1v) is 6.91. The molecule has 0 aliphatic carbocycles. The van der Waals surface area contributed by atoms with Crippen LogP contribution >= 0.6 is 11.6 Å². The van der Waals surface area contributed by atoms with Gasteiger partial charge in [-0.2, -0.15) is 0 Å². The van der Waals surface area contributed by atoms with Crippen LogP contribution < -0.4 is 16.2 Å². The van der Waals surface area contributed by atoms with Crippen molar-refractivity contribution in [3.8, 4) is 11.1 Å². The van der Waals surface area contributed by atoms with Crippen LogP contribution in [0.15, 0.2) is 64.2 Å². The van der Waals surface area contributed by atoms with Crippen molar-refractivity contribution >= 4 is 17.3 Å². The molecule has 0 aromatic heterocycles. The monoisotopic (exact) mass is 297 g/mol. The standard InChI is InChI=1S/C17H12ClNO2/c18-13-8-6-11(7-9-13)10-19-15-14(16(20)17(15)21)12-4-2-1-3-5-12/h1-9,19H,10H2. The minimum atomic E-state index is -0.456. The molecule has 0 radical (unpaired) electrons. The van der Waals surface area contributed by atoms with Gasteiger partial charge >= 0.3 is 0 Å². The van der Waals surface area contributed by atoms with E-state index in [2.05, 4.69) is 5.32 Å². The first-order chi connectivity index (χ1) is 10.2. The highest BCUT2D eigenvalue weighted by Gasteiger charge is 2.21. The minimum Gasteiger partial charge on any atom is -0.377 e. The number of nitrogens with one attached hydrogen (secondary N) is 1. The van der Waals surface area contributed by atoms with E-state index in [0.29, 0.717) is 22.8 Å². The second kappa shape index (κ2) is 5.54. The van der Waals surface area contributed by atoms with Gasteiger partial charge in [0, 0.05) is 11.6 Å². The van der Waals surface area contributed by atoms with Gasteiger partial charge < -0.3 is 5.32 Å². The zero-order chi connectivity index (χ0) is 14.8. The lowest BCUT2D eigenvalue weighted by molar-refractivity contribution is 1.13. The fraction of sp³-hybridized carbons (Fsp3) is 0.0588. The average molecular weight is 298 g/mol. The molecule has 4 heteroatoms. The van der Waals surface area contributed by atoms with Crippen molar-refractivity contribution in [1.82, 2.24) is 0 Å². The molecule has 3 nitrogen and oxygen atoms in total. The predicted octanol–water partition coefficient (Wildman–Crippen LogP) is 3.22. The molecule has 0 unspecified atom stereocenters. The summed E-state index contributed by atoms with van der Waals surface area (Å²) in [5.41, 5.74) is 1.73. The summed E-state index contributed by atoms with van der Waals surface area (Å²) in [7, 11) is 0. The van der Waals surface area contributed by atoms with Gasteiger partial charge in [0.15, 0.2) is 0 Å². The van der Waals surface area contributed by atoms with Gasteiger partial charge in [0.05, 0.1) is 11.3 Å². The molecule has 0 aliphatic rings. The molecule has 3 rings (SSSR count). The normalized spacial score (nSPS) is 10.7. The van der Waals surface area contributed by atoms with Gasteiger partial charge in [-0.15, -0.1) is 0 Å². The number of rotatable bonds is 4. The number of halogens is 1. The Morgan fingerprint density at radius 2 is 1.52 bits per heavy atom. The summed E-state index contributed by atoms with van der Waals surface area (Å²) in [5.74, 6) is 0. The van der Waals surface area contributed by atoms with Crippen LogP contribution in [0.5, 0.6) is 0 Å². The first-order valence-electron chi connectivity index (χ1n) is 6.54. The van der Waals surface area contributed by atoms with Crippen molar-refractivity contribution in [3.05, 3.63) is 85.6 Å². The van der Waals surface area contributed by atoms with Gasteiger partial charge in [-0.1, -0.05) is 54.1 Å². The fourth-order valence-corrected chi connectivity index (χ4v) is 2.36. The van der Waals surface area contributed by atoms with Crippen molar-refractivity contribution in [3.63, 3.8) is 0 Å². The SMILES string of the molecule is O=c1c(NCc2ccc(Cl)cc2)c(-c2ccccc2)c1=O. The molecule has 1 N–H and O–H groups in total. The molecule has 0 aliphatic heterocycles. The van der Waals surface area contributed by atoms with E-state index in [1.165, 1.54) is 0 Å². The Kier molecular flexibility index (Phi) is 3.59. The fourth-order valence-electron chi connectivity index (χ4n) is 2.23. The molecule has 0 saturated carbocycles. The van der Waals surface area contributed by atoms with E-state index in [1.54, 1.807) is 12.1 Å². The summed E-state index contributed by atoms with van der Waals surface area (Å²) in [5, 5.41) is 3.71. The summed E-state index contributed by atoms with van der Waals surface area (Å²) >= 11 is 5.83. The summed E-state index contributed by atoms with van der Waals surface area (Å²) in [4.78, 5) is 23.5. The lowest BCUT2D eigenvalue weighted by atomic mass is 9.98. The highest BCUT2D eigenvalue weighted by Crippen LogP contribution is 2.23. The summed E-state index contributed by atoms with van der Waals surface area (Å²) in [6.07, 6.45) is 0. The Morgan fingerprint density at radius 3 is 2.19 bits per heavy atom. The highest BCUT2D eigenvalue weighted by atomic mass is 35.5. The van der Waals surface area contributed by atoms with E-state index in [-0.39, 0.29) is 0 Å². The maximum absolute atomic E-state index is 11.8. The molecule has 0 saturated heterocycles. The topological polar surface area (TPSA) is 46.2 Å². The van der Waals surface area contributed by atoms with Crippen LogP contribution in [0.2, 0.25) is 5.02 Å². The van der Waals surface area contributed by atoms with E-state index in [0.717, 1.165) is 11.1 Å². The van der Waals surface area contributed by atoms with Crippen molar-refractivity contribution < 1.29 is 0 Å². The Labute approximate surface area is 126 Å². The van der Waals surface area contributed by atoms with E-state index in [4.69, 9.17) is 11.6 Å². The highest BCUT2D eigenvalue weighted by molar-refractivity contribution is 6.30. The number of hydrogen-bond acceptors (Lipinski definition) is 3. The van der Waals surface area contributed by atoms with Crippen LogP contribution in [0.25, 0.3) is 11.1 Å². The van der Waals surface area contributed by atoms with Crippen LogP contribution in [0.3, 0.4) is 0 Å². The molecule has 104 valence electrons. The van der Waals surface area contributed by atoms with Crippen molar-refractivity contribution in [1.29, 1.82) is 0 Å². The van der Waals surface area contributed by atoms with Gasteiger partial charge in [-0.25, -0.2) is 0 Å². The molecule has 3 aromatic rings. The Hall–Kier alpha value is -2.39. The Bertz CT molecular complexity index is 832. The van der Waals surface area contributed by atoms with Crippen LogP contribution in [-0.2, 0) is 6.54 Å². The lowest BCUT2D eigenvalue weighted by Crippen LogP contribution is -2.36. The van der Waals surface area contributed by atoms with Gasteiger partial charge in [0.1, 0.15) is 0 Å². The lowest BCUT2D eigenvalue weighted by Gasteiger charge is -2.13. The third-order valence-corrected chi connectivity index (χ3v) is 3.61. The Balaban J connectivity index is 1.84. The van der Waals surface area contributed by atoms with E-state index < -0.39 is 10.9 Å². The average Bonchev–Trinajstić information content (AvgIpc) is 2.53. The minimum absolute atomic E-state index is 0.390. The van der Waals surface area contributed by atoms with Crippen molar-refractivity contribution in [2.75, 3.05) is 5.32 Å². The predicted molar refractivity (Wildman–Crippen MR) is 85.6 cm³/mol. The first kappa shape index (κ1) is 13.6. The van der Waals surface area contributed by atoms with Gasteiger partial charge in [-0.05, 0) is 23.3 Å². The molecular formula is C17H12ClNO2. The molecule has 0 amide bonds. The molecule has 0 spiro atoms. The zero-order valence-corrected chi connectivity index (χ0v) is 11.9. The number of hydrogen-bond donors (Lipinski definition) is 1. The maximum atomic E-state index is 11.8. The maximum Gasteiger partial charge on any atom is 0.250 e. The third-order valence-electron chi connectivity index (χ3n) is 3.36. The molecule has 3 aromatic carbocycles. The summed E-state index contributed by atoms with van der Waals surface area (Å²) in [6, 6.07) is 16.5. The van der Waals surface area contributed by atoms with Gasteiger partial charge in [0.2, 0.25) is 10.9 Å². The van der Waals surface area contributed by atoms with Crippen molar-refractivity contribution in [2.45, 2.75) is 6.54 Å². The summed E-state index contributed by atoms with van der Waals surface area (Å²) < 4.78 is 0. The second-order valence-electron chi connectivity index (χ2n) is 4.75. The molecular weight excluding hydrogens is 286 g/mol. The molecule has 0 atom stereocenters. The van der Waals surface area contributed by atoms with Crippen LogP contribution in [0.4, 0.5) is 5.69 Å². The van der Waals surface area contributed by atoms with E-state index in [9.17, 15) is 9.59 Å². The Morgan fingerprint density at radius 1 is 0.857 bits per heavy atom. The summed E-state index contributed by atoms with van der Waals surface area (Å²) in [6.45, 7) is 0.474. The van der Waals surface area contributed by atoms with Crippen molar-refractivity contribution in [2.24, 2.45) is 0 Å². The zero-order valence-electron chi connectivity index (χ0n) is 11.1. The number of anilines is 1. The van der Waals surface area contributed by atoms with E-state index >= 15 is 0 Å². The smallest absolute Gasteiger partial charge is 0.250 e. The number of benzene rings is 2. The third kappa shape index (κ3) is 2.60. The second-order valence-corrected chi connectivity index (χ2v) is 5.19. The van der Waals surface area contributed by atoms with E-state index in [1.807, 2.05) is 42.5 Å².